The number of aromatic amines is 1. The summed E-state index contributed by atoms with van der Waals surface area (Å²) in [5.41, 5.74) is 2.98. The van der Waals surface area contributed by atoms with Crippen LogP contribution in [0, 0.1) is 0 Å². The van der Waals surface area contributed by atoms with Gasteiger partial charge in [0, 0.05) is 10.9 Å². The first kappa shape index (κ1) is 23.9. The van der Waals surface area contributed by atoms with E-state index < -0.39 is 24.5 Å². The van der Waals surface area contributed by atoms with E-state index in [0.717, 1.165) is 22.6 Å². The Morgan fingerprint density at radius 3 is 2.60 bits per heavy atom. The van der Waals surface area contributed by atoms with Crippen molar-refractivity contribution < 1.29 is 28.6 Å². The molecule has 0 fully saturated rings. The molecule has 2 aromatic heterocycles. The van der Waals surface area contributed by atoms with Crippen LogP contribution in [-0.4, -0.2) is 53.1 Å². The van der Waals surface area contributed by atoms with Crippen molar-refractivity contribution in [1.82, 2.24) is 15.0 Å². The minimum Gasteiger partial charge on any atom is -0.497 e. The van der Waals surface area contributed by atoms with Crippen LogP contribution >= 0.6 is 11.3 Å². The molecule has 0 aliphatic rings. The molecule has 2 heterocycles. The number of H-pyrrole nitrogens is 1. The molecule has 0 saturated carbocycles. The third-order valence-corrected chi connectivity index (χ3v) is 5.65. The second kappa shape index (κ2) is 10.8. The molecule has 4 rings (SSSR count). The maximum atomic E-state index is 12.5. The van der Waals surface area contributed by atoms with E-state index in [4.69, 9.17) is 14.2 Å². The van der Waals surface area contributed by atoms with Gasteiger partial charge in [0.2, 0.25) is 0 Å². The third kappa shape index (κ3) is 6.01. The van der Waals surface area contributed by atoms with E-state index in [0.29, 0.717) is 27.7 Å². The van der Waals surface area contributed by atoms with Crippen molar-refractivity contribution >= 4 is 45.3 Å². The molecule has 10 nitrogen and oxygen atoms in total. The molecule has 0 saturated heterocycles. The van der Waals surface area contributed by atoms with Crippen LogP contribution in [0.1, 0.15) is 23.0 Å². The maximum absolute atomic E-state index is 12.5. The number of amides is 1. The summed E-state index contributed by atoms with van der Waals surface area (Å²) in [7, 11) is 1.60. The van der Waals surface area contributed by atoms with Gasteiger partial charge >= 0.3 is 11.9 Å². The Kier molecular flexibility index (Phi) is 7.36. The van der Waals surface area contributed by atoms with Crippen molar-refractivity contribution in [2.75, 3.05) is 25.6 Å². The fraction of sp³-hybridized carbons (Fsp3) is 0.208. The minimum absolute atomic E-state index is 0.0193. The number of carbonyl (C=O) groups excluding carboxylic acids is 3. The van der Waals surface area contributed by atoms with E-state index in [1.807, 2.05) is 24.3 Å². The Morgan fingerprint density at radius 2 is 1.86 bits per heavy atom. The van der Waals surface area contributed by atoms with Gasteiger partial charge in [-0.3, -0.25) is 14.9 Å². The lowest BCUT2D eigenvalue weighted by Crippen LogP contribution is -2.21. The first-order valence-electron chi connectivity index (χ1n) is 10.7. The first-order valence-corrected chi connectivity index (χ1v) is 11.5. The highest BCUT2D eigenvalue weighted by molar-refractivity contribution is 7.13. The lowest BCUT2D eigenvalue weighted by Gasteiger charge is -2.05. The van der Waals surface area contributed by atoms with Gasteiger partial charge in [-0.15, -0.1) is 11.3 Å². The molecule has 0 atom stereocenters. The van der Waals surface area contributed by atoms with Crippen molar-refractivity contribution in [3.8, 4) is 17.1 Å². The number of fused-ring (bicyclic) bond motifs is 1. The molecule has 1 amide bonds. The second-order valence-corrected chi connectivity index (χ2v) is 8.15. The Morgan fingerprint density at radius 1 is 1.06 bits per heavy atom. The molecule has 2 N–H and O–H groups in total. The van der Waals surface area contributed by atoms with Crippen molar-refractivity contribution in [1.29, 1.82) is 0 Å². The average molecular weight is 495 g/mol. The normalized spacial score (nSPS) is 10.7. The topological polar surface area (TPSA) is 132 Å². The molecule has 0 aliphatic heterocycles. The smallest absolute Gasteiger partial charge is 0.338 e. The molecule has 0 aliphatic carbocycles. The molecule has 0 bridgehead atoms. The maximum Gasteiger partial charge on any atom is 0.338 e. The van der Waals surface area contributed by atoms with E-state index in [9.17, 15) is 14.4 Å². The van der Waals surface area contributed by atoms with E-state index in [1.54, 1.807) is 37.6 Å². The molecular weight excluding hydrogens is 472 g/mol. The predicted octanol–water partition coefficient (Wildman–Crippen LogP) is 3.60. The molecule has 0 spiro atoms. The number of methoxy groups -OCH3 is 1. The van der Waals surface area contributed by atoms with Crippen LogP contribution < -0.4 is 10.1 Å². The lowest BCUT2D eigenvalue weighted by molar-refractivity contribution is -0.142. The zero-order chi connectivity index (χ0) is 24.8. The van der Waals surface area contributed by atoms with Crippen LogP contribution in [0.4, 0.5) is 5.13 Å². The van der Waals surface area contributed by atoms with Gasteiger partial charge in [-0.25, -0.2) is 14.8 Å². The number of hydrogen-bond acceptors (Lipinski definition) is 9. The van der Waals surface area contributed by atoms with Gasteiger partial charge < -0.3 is 19.2 Å². The summed E-state index contributed by atoms with van der Waals surface area (Å²) in [4.78, 5) is 48.0. The zero-order valence-electron chi connectivity index (χ0n) is 19.0. The molecule has 180 valence electrons. The lowest BCUT2D eigenvalue weighted by atomic mass is 10.2. The average Bonchev–Trinajstić information content (AvgIpc) is 3.48. The number of anilines is 1. The standard InChI is InChI=1S/C24H22N4O6S/c1-3-33-21(30)11-16-13-35-24(25-16)28-20(29)12-34-23(31)15-6-9-18-19(10-15)27-22(26-18)14-4-7-17(32-2)8-5-14/h4-10,13H,3,11-12H2,1-2H3,(H,26,27)(H,25,28,29). The van der Waals surface area contributed by atoms with Crippen molar-refractivity contribution in [3.63, 3.8) is 0 Å². The van der Waals surface area contributed by atoms with Gasteiger partial charge in [-0.1, -0.05) is 0 Å². The van der Waals surface area contributed by atoms with E-state index >= 15 is 0 Å². The number of aromatic nitrogens is 3. The largest absolute Gasteiger partial charge is 0.497 e. The summed E-state index contributed by atoms with van der Waals surface area (Å²) in [5.74, 6) is -0.191. The Bertz CT molecular complexity index is 1360. The van der Waals surface area contributed by atoms with Crippen molar-refractivity contribution in [2.45, 2.75) is 13.3 Å². The second-order valence-electron chi connectivity index (χ2n) is 7.30. The van der Waals surface area contributed by atoms with Crippen LogP contribution in [-0.2, 0) is 25.5 Å². The Hall–Kier alpha value is -4.25. The molecule has 0 unspecified atom stereocenters. The van der Waals surface area contributed by atoms with Gasteiger partial charge in [-0.05, 0) is 49.4 Å². The fourth-order valence-corrected chi connectivity index (χ4v) is 3.92. The summed E-state index contributed by atoms with van der Waals surface area (Å²) in [6.45, 7) is 1.53. The summed E-state index contributed by atoms with van der Waals surface area (Å²) < 4.78 is 15.2. The molecule has 0 radical (unpaired) electrons. The van der Waals surface area contributed by atoms with Crippen LogP contribution in [0.5, 0.6) is 5.75 Å². The summed E-state index contributed by atoms with van der Waals surface area (Å²) in [6, 6.07) is 12.4. The Labute approximate surface area is 204 Å². The van der Waals surface area contributed by atoms with E-state index in [2.05, 4.69) is 20.3 Å². The Balaban J connectivity index is 1.34. The van der Waals surface area contributed by atoms with Crippen LogP contribution in [0.3, 0.4) is 0 Å². The first-order chi connectivity index (χ1) is 16.9. The highest BCUT2D eigenvalue weighted by Crippen LogP contribution is 2.23. The molecular formula is C24H22N4O6S. The quantitative estimate of drug-likeness (QED) is 0.337. The third-order valence-electron chi connectivity index (χ3n) is 4.84. The number of ether oxygens (including phenoxy) is 3. The van der Waals surface area contributed by atoms with Gasteiger partial charge in [-0.2, -0.15) is 0 Å². The predicted molar refractivity (Wildman–Crippen MR) is 129 cm³/mol. The van der Waals surface area contributed by atoms with E-state index in [1.165, 1.54) is 0 Å². The number of rotatable bonds is 9. The summed E-state index contributed by atoms with van der Waals surface area (Å²) in [6.07, 6.45) is 0.0193. The number of nitrogens with zero attached hydrogens (tertiary/aromatic N) is 2. The number of nitrogens with one attached hydrogen (secondary N) is 2. The van der Waals surface area contributed by atoms with Crippen LogP contribution in [0.25, 0.3) is 22.4 Å². The molecule has 35 heavy (non-hydrogen) atoms. The van der Waals surface area contributed by atoms with Gasteiger partial charge in [0.1, 0.15) is 11.6 Å². The number of benzene rings is 2. The van der Waals surface area contributed by atoms with Gasteiger partial charge in [0.15, 0.2) is 11.7 Å². The van der Waals surface area contributed by atoms with Gasteiger partial charge in [0.05, 0.1) is 42.4 Å². The molecule has 4 aromatic rings. The number of thiazole rings is 1. The van der Waals surface area contributed by atoms with Crippen LogP contribution in [0.2, 0.25) is 0 Å². The monoisotopic (exact) mass is 494 g/mol. The molecule has 11 heteroatoms. The number of hydrogen-bond donors (Lipinski definition) is 2. The fourth-order valence-electron chi connectivity index (χ4n) is 3.20. The van der Waals surface area contributed by atoms with Crippen molar-refractivity contribution in [3.05, 3.63) is 59.1 Å². The minimum atomic E-state index is -0.648. The number of esters is 2. The highest BCUT2D eigenvalue weighted by atomic mass is 32.1. The number of carbonyl (C=O) groups is 3. The SMILES string of the molecule is CCOC(=O)Cc1csc(NC(=O)COC(=O)c2ccc3nc(-c4ccc(OC)cc4)[nH]c3c2)n1. The van der Waals surface area contributed by atoms with Crippen LogP contribution in [0.15, 0.2) is 47.8 Å². The van der Waals surface area contributed by atoms with Gasteiger partial charge in [0.25, 0.3) is 5.91 Å². The van der Waals surface area contributed by atoms with Crippen molar-refractivity contribution in [2.24, 2.45) is 0 Å². The summed E-state index contributed by atoms with van der Waals surface area (Å²) in [5, 5.41) is 4.50. The molecule has 2 aromatic carbocycles. The van der Waals surface area contributed by atoms with E-state index in [-0.39, 0.29) is 18.6 Å². The zero-order valence-corrected chi connectivity index (χ0v) is 19.8. The summed E-state index contributed by atoms with van der Waals surface area (Å²) >= 11 is 1.16. The number of imidazole rings is 1. The highest BCUT2D eigenvalue weighted by Gasteiger charge is 2.15.